The van der Waals surface area contributed by atoms with Gasteiger partial charge in [0, 0.05) is 19.6 Å². The molecule has 3 heteroatoms. The molecule has 1 heterocycles. The van der Waals surface area contributed by atoms with Crippen molar-refractivity contribution in [2.45, 2.75) is 39.2 Å². The van der Waals surface area contributed by atoms with Crippen molar-refractivity contribution in [1.29, 1.82) is 0 Å². The first-order chi connectivity index (χ1) is 7.20. The third kappa shape index (κ3) is 4.49. The summed E-state index contributed by atoms with van der Waals surface area (Å²) in [5.41, 5.74) is 0.115. The molecule has 3 nitrogen and oxygen atoms in total. The normalized spacial score (nSPS) is 19.2. The maximum absolute atomic E-state index is 5.87. The van der Waals surface area contributed by atoms with Gasteiger partial charge in [-0.3, -0.25) is 0 Å². The van der Waals surface area contributed by atoms with Crippen molar-refractivity contribution < 1.29 is 4.74 Å². The van der Waals surface area contributed by atoms with Crippen LogP contribution in [0.2, 0.25) is 0 Å². The van der Waals surface area contributed by atoms with Crippen LogP contribution in [0.25, 0.3) is 0 Å². The summed E-state index contributed by atoms with van der Waals surface area (Å²) < 4.78 is 5.87. The van der Waals surface area contributed by atoms with E-state index in [-0.39, 0.29) is 5.60 Å². The van der Waals surface area contributed by atoms with E-state index in [1.165, 1.54) is 19.4 Å². The lowest BCUT2D eigenvalue weighted by Crippen LogP contribution is -2.59. The fourth-order valence-corrected chi connectivity index (χ4v) is 1.81. The van der Waals surface area contributed by atoms with Gasteiger partial charge in [-0.05, 0) is 26.4 Å². The largest absolute Gasteiger partial charge is 0.371 e. The third-order valence-corrected chi connectivity index (χ3v) is 3.13. The molecule has 1 rings (SSSR count). The van der Waals surface area contributed by atoms with Gasteiger partial charge in [-0.1, -0.05) is 20.3 Å². The summed E-state index contributed by atoms with van der Waals surface area (Å²) in [6, 6.07) is 0. The molecule has 1 fully saturated rings. The zero-order valence-corrected chi connectivity index (χ0v) is 10.5. The number of unbranched alkanes of at least 4 members (excludes halogenated alkanes) is 1. The van der Waals surface area contributed by atoms with Crippen LogP contribution in [0.3, 0.4) is 0 Å². The summed E-state index contributed by atoms with van der Waals surface area (Å²) in [6.45, 7) is 13.0. The Kier molecular flexibility index (Phi) is 5.58. The number of nitrogens with one attached hydrogen (secondary N) is 1. The van der Waals surface area contributed by atoms with E-state index in [4.69, 9.17) is 4.74 Å². The molecular formula is C12H26N2O. The second-order valence-corrected chi connectivity index (χ2v) is 4.69. The molecule has 1 aliphatic heterocycles. The Balaban J connectivity index is 2.05. The number of hydrogen-bond acceptors (Lipinski definition) is 3. The molecule has 0 aromatic carbocycles. The van der Waals surface area contributed by atoms with Gasteiger partial charge in [-0.25, -0.2) is 0 Å². The van der Waals surface area contributed by atoms with Gasteiger partial charge in [-0.2, -0.15) is 0 Å². The Hall–Kier alpha value is -0.120. The lowest BCUT2D eigenvalue weighted by molar-refractivity contribution is -0.0719. The molecular weight excluding hydrogens is 188 g/mol. The monoisotopic (exact) mass is 214 g/mol. The van der Waals surface area contributed by atoms with Gasteiger partial charge in [0.15, 0.2) is 0 Å². The second-order valence-electron chi connectivity index (χ2n) is 4.69. The Morgan fingerprint density at radius 3 is 2.47 bits per heavy atom. The summed E-state index contributed by atoms with van der Waals surface area (Å²) in [5.74, 6) is 0. The molecule has 0 aromatic rings. The van der Waals surface area contributed by atoms with Crippen molar-refractivity contribution in [3.05, 3.63) is 0 Å². The summed E-state index contributed by atoms with van der Waals surface area (Å²) in [4.78, 5) is 2.47. The molecule has 0 amide bonds. The molecule has 15 heavy (non-hydrogen) atoms. The average Bonchev–Trinajstić information content (AvgIpc) is 2.20. The molecule has 0 radical (unpaired) electrons. The third-order valence-electron chi connectivity index (χ3n) is 3.13. The molecule has 1 aliphatic rings. The highest BCUT2D eigenvalue weighted by Gasteiger charge is 2.32. The van der Waals surface area contributed by atoms with Gasteiger partial charge in [0.1, 0.15) is 0 Å². The number of hydrogen-bond donors (Lipinski definition) is 1. The lowest BCUT2D eigenvalue weighted by Gasteiger charge is -2.39. The lowest BCUT2D eigenvalue weighted by atomic mass is 10.0. The minimum Gasteiger partial charge on any atom is -0.371 e. The number of rotatable bonds is 8. The van der Waals surface area contributed by atoms with Gasteiger partial charge in [-0.15, -0.1) is 0 Å². The maximum Gasteiger partial charge on any atom is 0.0902 e. The maximum atomic E-state index is 5.87. The number of likely N-dealkylation sites (N-methyl/N-ethyl adjacent to an activating group) is 1. The van der Waals surface area contributed by atoms with Gasteiger partial charge < -0.3 is 15.0 Å². The topological polar surface area (TPSA) is 24.5 Å². The Bertz CT molecular complexity index is 169. The van der Waals surface area contributed by atoms with Crippen LogP contribution >= 0.6 is 0 Å². The molecule has 0 spiro atoms. The van der Waals surface area contributed by atoms with E-state index >= 15 is 0 Å². The minimum absolute atomic E-state index is 0.115. The molecule has 1 saturated heterocycles. The van der Waals surface area contributed by atoms with E-state index in [1.807, 2.05) is 0 Å². The van der Waals surface area contributed by atoms with E-state index in [0.717, 1.165) is 32.8 Å². The summed E-state index contributed by atoms with van der Waals surface area (Å²) in [6.07, 6.45) is 2.58. The highest BCUT2D eigenvalue weighted by molar-refractivity contribution is 4.90. The fourth-order valence-electron chi connectivity index (χ4n) is 1.81. The van der Waals surface area contributed by atoms with Crippen LogP contribution < -0.4 is 5.32 Å². The molecule has 0 atom stereocenters. The predicted molar refractivity (Wildman–Crippen MR) is 64.2 cm³/mol. The SMILES string of the molecule is CCCCN(CC)CCOC1(C)CNC1. The first kappa shape index (κ1) is 12.9. The molecule has 1 N–H and O–H groups in total. The van der Waals surface area contributed by atoms with Crippen LogP contribution in [0.5, 0.6) is 0 Å². The van der Waals surface area contributed by atoms with Crippen molar-refractivity contribution >= 4 is 0 Å². The Morgan fingerprint density at radius 1 is 1.27 bits per heavy atom. The Morgan fingerprint density at radius 2 is 2.00 bits per heavy atom. The van der Waals surface area contributed by atoms with Crippen LogP contribution in [0.4, 0.5) is 0 Å². The molecule has 0 aliphatic carbocycles. The van der Waals surface area contributed by atoms with Crippen molar-refractivity contribution in [3.8, 4) is 0 Å². The highest BCUT2D eigenvalue weighted by atomic mass is 16.5. The quantitative estimate of drug-likeness (QED) is 0.662. The molecule has 0 unspecified atom stereocenters. The number of ether oxygens (including phenoxy) is 1. The summed E-state index contributed by atoms with van der Waals surface area (Å²) >= 11 is 0. The smallest absolute Gasteiger partial charge is 0.0902 e. The zero-order chi connectivity index (χ0) is 11.1. The minimum atomic E-state index is 0.115. The molecule has 90 valence electrons. The van der Waals surface area contributed by atoms with Crippen molar-refractivity contribution in [2.24, 2.45) is 0 Å². The van der Waals surface area contributed by atoms with Gasteiger partial charge in [0.05, 0.1) is 12.2 Å². The van der Waals surface area contributed by atoms with Crippen LogP contribution in [0.15, 0.2) is 0 Å². The summed E-state index contributed by atoms with van der Waals surface area (Å²) in [5, 5.41) is 3.25. The predicted octanol–water partition coefficient (Wildman–Crippen LogP) is 1.49. The van der Waals surface area contributed by atoms with Gasteiger partial charge in [0.2, 0.25) is 0 Å². The van der Waals surface area contributed by atoms with Crippen molar-refractivity contribution in [3.63, 3.8) is 0 Å². The first-order valence-electron chi connectivity index (χ1n) is 6.27. The van der Waals surface area contributed by atoms with Crippen molar-refractivity contribution in [1.82, 2.24) is 10.2 Å². The van der Waals surface area contributed by atoms with Crippen LogP contribution in [0.1, 0.15) is 33.6 Å². The zero-order valence-electron chi connectivity index (χ0n) is 10.5. The van der Waals surface area contributed by atoms with E-state index in [9.17, 15) is 0 Å². The highest BCUT2D eigenvalue weighted by Crippen LogP contribution is 2.14. The van der Waals surface area contributed by atoms with E-state index in [2.05, 4.69) is 31.0 Å². The summed E-state index contributed by atoms with van der Waals surface area (Å²) in [7, 11) is 0. The molecule has 0 aromatic heterocycles. The fraction of sp³-hybridized carbons (Fsp3) is 1.00. The van der Waals surface area contributed by atoms with Crippen LogP contribution in [-0.4, -0.2) is 49.8 Å². The van der Waals surface area contributed by atoms with E-state index in [0.29, 0.717) is 0 Å². The standard InChI is InChI=1S/C12H26N2O/c1-4-6-7-14(5-2)8-9-15-12(3)10-13-11-12/h13H,4-11H2,1-3H3. The van der Waals surface area contributed by atoms with Crippen LogP contribution in [0, 0.1) is 0 Å². The Labute approximate surface area is 94.2 Å². The molecule has 0 saturated carbocycles. The van der Waals surface area contributed by atoms with E-state index in [1.54, 1.807) is 0 Å². The number of nitrogens with zero attached hydrogens (tertiary/aromatic N) is 1. The van der Waals surface area contributed by atoms with Crippen molar-refractivity contribution in [2.75, 3.05) is 39.3 Å². The molecule has 0 bridgehead atoms. The van der Waals surface area contributed by atoms with E-state index < -0.39 is 0 Å². The van der Waals surface area contributed by atoms with Crippen LogP contribution in [-0.2, 0) is 4.74 Å². The van der Waals surface area contributed by atoms with Gasteiger partial charge in [0.25, 0.3) is 0 Å². The van der Waals surface area contributed by atoms with Gasteiger partial charge >= 0.3 is 0 Å². The average molecular weight is 214 g/mol. The first-order valence-corrected chi connectivity index (χ1v) is 6.27. The second kappa shape index (κ2) is 6.46.